The van der Waals surface area contributed by atoms with E-state index < -0.39 is 6.09 Å². The van der Waals surface area contributed by atoms with Crippen molar-refractivity contribution in [2.24, 2.45) is 29.3 Å². The van der Waals surface area contributed by atoms with Crippen molar-refractivity contribution < 1.29 is 14.6 Å². The van der Waals surface area contributed by atoms with Gasteiger partial charge in [-0.2, -0.15) is 4.83 Å². The van der Waals surface area contributed by atoms with Gasteiger partial charge in [-0.1, -0.05) is 11.9 Å². The van der Waals surface area contributed by atoms with Crippen molar-refractivity contribution in [2.45, 2.75) is 51.5 Å². The number of ether oxygens (including phenoxy) is 1. The summed E-state index contributed by atoms with van der Waals surface area (Å²) in [6, 6.07) is 0. The van der Waals surface area contributed by atoms with E-state index in [0.717, 1.165) is 37.1 Å². The molecule has 2 rings (SSSR count). The van der Waals surface area contributed by atoms with Crippen molar-refractivity contribution in [3.63, 3.8) is 0 Å². The molecule has 1 amide bonds. The molecular formula is C17H33N5O3S. The average Bonchev–Trinajstić information content (AvgIpc) is 3.25. The summed E-state index contributed by atoms with van der Waals surface area (Å²) in [5.74, 6) is 7.87. The van der Waals surface area contributed by atoms with Crippen LogP contribution < -0.4 is 21.8 Å². The second-order valence-corrected chi connectivity index (χ2v) is 8.34. The van der Waals surface area contributed by atoms with Gasteiger partial charge in [0.05, 0.1) is 12.1 Å². The van der Waals surface area contributed by atoms with Crippen LogP contribution in [0.25, 0.3) is 0 Å². The van der Waals surface area contributed by atoms with E-state index in [1.807, 2.05) is 20.1 Å². The number of fused-ring (bicyclic) bond motifs is 1. The molecule has 0 aromatic carbocycles. The summed E-state index contributed by atoms with van der Waals surface area (Å²) in [6.45, 7) is 4.56. The molecule has 0 heterocycles. The molecule has 0 saturated heterocycles. The quantitative estimate of drug-likeness (QED) is 0.241. The minimum absolute atomic E-state index is 0.0887. The van der Waals surface area contributed by atoms with E-state index in [1.54, 1.807) is 5.01 Å². The number of hydrogen-bond donors (Lipinski definition) is 5. The number of hydrazine groups is 2. The molecule has 1 fully saturated rings. The van der Waals surface area contributed by atoms with E-state index >= 15 is 0 Å². The molecule has 150 valence electrons. The first-order valence-electron chi connectivity index (χ1n) is 9.16. The van der Waals surface area contributed by atoms with Gasteiger partial charge in [-0.15, -0.1) is 0 Å². The number of carbonyl (C=O) groups excluding carboxylic acids is 1. The van der Waals surface area contributed by atoms with Crippen molar-refractivity contribution in [3.8, 4) is 0 Å². The topological polar surface area (TPSA) is 126 Å². The third-order valence-electron chi connectivity index (χ3n) is 5.67. The summed E-state index contributed by atoms with van der Waals surface area (Å²) in [5.41, 5.74) is 10.3. The highest BCUT2D eigenvalue weighted by Gasteiger charge is 2.50. The van der Waals surface area contributed by atoms with Crippen molar-refractivity contribution >= 4 is 18.0 Å². The van der Waals surface area contributed by atoms with Gasteiger partial charge in [-0.25, -0.2) is 16.1 Å². The number of carbonyl (C=O) groups is 1. The minimum atomic E-state index is -0.448. The Morgan fingerprint density at radius 3 is 2.65 bits per heavy atom. The number of nitrogens with two attached hydrogens (primary N) is 2. The van der Waals surface area contributed by atoms with Crippen molar-refractivity contribution in [1.29, 1.82) is 0 Å². The number of aliphatic hydroxyl groups excluding tert-OH is 1. The van der Waals surface area contributed by atoms with Crippen LogP contribution in [0.4, 0.5) is 4.79 Å². The third kappa shape index (κ3) is 5.18. The molecule has 26 heavy (non-hydrogen) atoms. The van der Waals surface area contributed by atoms with Crippen LogP contribution in [0.15, 0.2) is 11.4 Å². The third-order valence-corrected chi connectivity index (χ3v) is 5.98. The van der Waals surface area contributed by atoms with Gasteiger partial charge >= 0.3 is 6.09 Å². The highest BCUT2D eigenvalue weighted by atomic mass is 32.2. The maximum absolute atomic E-state index is 11.6. The van der Waals surface area contributed by atoms with Crippen molar-refractivity contribution in [1.82, 2.24) is 15.3 Å². The summed E-state index contributed by atoms with van der Waals surface area (Å²) >= 11 is 1.30. The Bertz CT molecular complexity index is 529. The Kier molecular flexibility index (Phi) is 7.45. The Morgan fingerprint density at radius 1 is 1.38 bits per heavy atom. The first kappa shape index (κ1) is 21.1. The molecule has 0 aromatic rings. The Hall–Kier alpha value is -1.16. The van der Waals surface area contributed by atoms with Gasteiger partial charge in [0, 0.05) is 18.0 Å². The fourth-order valence-corrected chi connectivity index (χ4v) is 4.08. The number of nitrogens with one attached hydrogen (secondary N) is 2. The fraction of sp³-hybridized carbons (Fsp3) is 0.824. The molecule has 3 atom stereocenters. The predicted octanol–water partition coefficient (Wildman–Crippen LogP) is 1.44. The largest absolute Gasteiger partial charge is 0.448 e. The molecule has 7 N–H and O–H groups in total. The van der Waals surface area contributed by atoms with Crippen LogP contribution in [0.5, 0.6) is 0 Å². The zero-order valence-corrected chi connectivity index (χ0v) is 16.8. The molecular weight excluding hydrogens is 354 g/mol. The zero-order chi connectivity index (χ0) is 19.3. The molecule has 0 aromatic heterocycles. The molecule has 0 radical (unpaired) electrons. The van der Waals surface area contributed by atoms with Gasteiger partial charge in [0.2, 0.25) is 0 Å². The first-order chi connectivity index (χ1) is 12.3. The fourth-order valence-electron chi connectivity index (χ4n) is 3.89. The van der Waals surface area contributed by atoms with E-state index in [1.165, 1.54) is 11.9 Å². The molecule has 0 spiro atoms. The summed E-state index contributed by atoms with van der Waals surface area (Å²) in [7, 11) is 0. The van der Waals surface area contributed by atoms with E-state index in [9.17, 15) is 9.90 Å². The van der Waals surface area contributed by atoms with Crippen LogP contribution in [0.2, 0.25) is 0 Å². The molecule has 2 aliphatic rings. The average molecular weight is 388 g/mol. The summed E-state index contributed by atoms with van der Waals surface area (Å²) in [5, 5.41) is 11.0. The highest BCUT2D eigenvalue weighted by Crippen LogP contribution is 2.54. The summed E-state index contributed by atoms with van der Waals surface area (Å²) in [6.07, 6.45) is 5.55. The molecule has 1 saturated carbocycles. The number of hydrogen-bond acceptors (Lipinski definition) is 8. The van der Waals surface area contributed by atoms with E-state index in [0.29, 0.717) is 30.8 Å². The van der Waals surface area contributed by atoms with Gasteiger partial charge in [0.1, 0.15) is 0 Å². The van der Waals surface area contributed by atoms with Crippen LogP contribution in [-0.4, -0.2) is 41.2 Å². The number of nitrogens with zero attached hydrogens (tertiary/aromatic N) is 1. The predicted molar refractivity (Wildman–Crippen MR) is 103 cm³/mol. The summed E-state index contributed by atoms with van der Waals surface area (Å²) < 4.78 is 5.30. The van der Waals surface area contributed by atoms with Gasteiger partial charge < -0.3 is 20.6 Å². The lowest BCUT2D eigenvalue weighted by Crippen LogP contribution is -2.49. The number of aliphatic hydroxyl groups is 1. The van der Waals surface area contributed by atoms with Crippen LogP contribution in [0, 0.1) is 17.8 Å². The highest BCUT2D eigenvalue weighted by molar-refractivity contribution is 7.96. The van der Waals surface area contributed by atoms with E-state index in [2.05, 4.69) is 10.3 Å². The minimum Gasteiger partial charge on any atom is -0.448 e. The number of allylic oxidation sites excluding steroid dienone is 2. The lowest BCUT2D eigenvalue weighted by Gasteiger charge is -2.39. The first-order valence-corrected chi connectivity index (χ1v) is 10.4. The SMILES string of the molecule is CSNNC(=O)OCC1C2CC/C(N)=C(/N(N)C(C)(C)CCO)CCC21. The molecule has 0 bridgehead atoms. The molecule has 2 aliphatic carbocycles. The normalized spacial score (nSPS) is 28.6. The monoisotopic (exact) mass is 387 g/mol. The molecule has 8 nitrogen and oxygen atoms in total. The molecule has 0 aliphatic heterocycles. The maximum Gasteiger partial charge on any atom is 0.422 e. The Balaban J connectivity index is 1.89. The maximum atomic E-state index is 11.6. The second kappa shape index (κ2) is 9.16. The molecule has 3 unspecified atom stereocenters. The summed E-state index contributed by atoms with van der Waals surface area (Å²) in [4.78, 5) is 14.2. The number of amides is 1. The van der Waals surface area contributed by atoms with Crippen LogP contribution >= 0.6 is 11.9 Å². The molecule has 9 heteroatoms. The van der Waals surface area contributed by atoms with Crippen molar-refractivity contribution in [2.75, 3.05) is 19.5 Å². The Labute approximate surface area is 160 Å². The smallest absolute Gasteiger partial charge is 0.422 e. The van der Waals surface area contributed by atoms with Crippen LogP contribution in [-0.2, 0) is 4.74 Å². The lowest BCUT2D eigenvalue weighted by atomic mass is 9.95. The Morgan fingerprint density at radius 2 is 2.04 bits per heavy atom. The standard InChI is InChI=1S/C17H33N5O3S/c1-17(2,8-9-23)22(19)15-7-5-12-11(4-6-14(15)18)13(12)10-25-16(24)20-21-26-3/h11-13,21,23H,4-10,18-19H2,1-3H3,(H,20,24)/b15-14-. The second-order valence-electron chi connectivity index (χ2n) is 7.73. The van der Waals surface area contributed by atoms with Crippen molar-refractivity contribution in [3.05, 3.63) is 11.4 Å². The van der Waals surface area contributed by atoms with Gasteiger partial charge in [0.15, 0.2) is 0 Å². The van der Waals surface area contributed by atoms with Crippen LogP contribution in [0.1, 0.15) is 46.0 Å². The van der Waals surface area contributed by atoms with Gasteiger partial charge in [0.25, 0.3) is 0 Å². The van der Waals surface area contributed by atoms with Gasteiger partial charge in [-0.05, 0) is 70.0 Å². The number of rotatable bonds is 8. The van der Waals surface area contributed by atoms with E-state index in [4.69, 9.17) is 16.3 Å². The lowest BCUT2D eigenvalue weighted by molar-refractivity contribution is 0.117. The van der Waals surface area contributed by atoms with E-state index in [-0.39, 0.29) is 12.1 Å². The zero-order valence-electron chi connectivity index (χ0n) is 16.0. The van der Waals surface area contributed by atoms with Gasteiger partial charge in [-0.3, -0.25) is 0 Å². The van der Waals surface area contributed by atoms with Crippen LogP contribution in [0.3, 0.4) is 0 Å².